The zero-order valence-corrected chi connectivity index (χ0v) is 26.3. The zero-order chi connectivity index (χ0) is 32.6. The topological polar surface area (TPSA) is 134 Å². The Morgan fingerprint density at radius 1 is 1.20 bits per heavy atom. The van der Waals surface area contributed by atoms with E-state index in [1.165, 1.54) is 12.0 Å². The molecule has 0 spiro atoms. The van der Waals surface area contributed by atoms with Gasteiger partial charge in [0.25, 0.3) is 5.91 Å². The molecule has 4 rings (SSSR count). The fraction of sp³-hybridized carbons (Fsp3) is 0.424. The van der Waals surface area contributed by atoms with Crippen molar-refractivity contribution in [3.8, 4) is 17.3 Å². The Morgan fingerprint density at radius 3 is 2.64 bits per heavy atom. The zero-order valence-electron chi connectivity index (χ0n) is 26.3. The standard InChI is InChI=1S/C33H41N5O7/c1-7-9-10-11-16-37(4)32(41)45-27(30(39)35-33(31(40)43-6)21-23(33)8-2)15-18-44-28-20-29(38-17-14-22(3)36-38)34-26-19-24(42-5)12-13-25(26)28/h7-8,12-14,17,19-20,23,27H,1-2,9-11,15-16,18,21H2,3-6H3,(H,35,39)/t23-,27+,33-/m1/s1. The molecule has 240 valence electrons. The molecule has 0 bridgehead atoms. The van der Waals surface area contributed by atoms with E-state index in [9.17, 15) is 14.4 Å². The molecule has 1 fully saturated rings. The van der Waals surface area contributed by atoms with E-state index >= 15 is 0 Å². The number of amides is 2. The number of ether oxygens (including phenoxy) is 4. The first kappa shape index (κ1) is 33.0. The number of unbranched alkanes of at least 4 members (excludes halogenated alkanes) is 2. The van der Waals surface area contributed by atoms with Crippen molar-refractivity contribution in [2.75, 3.05) is 34.4 Å². The number of hydrogen-bond donors (Lipinski definition) is 1. The molecular formula is C33H41N5O7. The van der Waals surface area contributed by atoms with Gasteiger partial charge in [-0.1, -0.05) is 12.2 Å². The molecule has 0 aliphatic heterocycles. The van der Waals surface area contributed by atoms with Crippen LogP contribution < -0.4 is 14.8 Å². The van der Waals surface area contributed by atoms with Gasteiger partial charge in [0.2, 0.25) is 0 Å². The van der Waals surface area contributed by atoms with Gasteiger partial charge in [-0.3, -0.25) is 4.79 Å². The minimum Gasteiger partial charge on any atom is -0.497 e. The molecule has 1 N–H and O–H groups in total. The second-order valence-corrected chi connectivity index (χ2v) is 11.0. The molecule has 2 aromatic heterocycles. The Balaban J connectivity index is 1.54. The summed E-state index contributed by atoms with van der Waals surface area (Å²) in [7, 11) is 4.45. The van der Waals surface area contributed by atoms with Crippen LogP contribution in [0, 0.1) is 12.8 Å². The Labute approximate surface area is 263 Å². The molecule has 1 aliphatic carbocycles. The number of rotatable bonds is 16. The van der Waals surface area contributed by atoms with Crippen molar-refractivity contribution in [2.45, 2.75) is 50.7 Å². The average Bonchev–Trinajstić information content (AvgIpc) is 3.59. The van der Waals surface area contributed by atoms with Gasteiger partial charge in [0, 0.05) is 49.6 Å². The van der Waals surface area contributed by atoms with Gasteiger partial charge in [-0.15, -0.1) is 13.2 Å². The molecule has 2 heterocycles. The van der Waals surface area contributed by atoms with Crippen molar-refractivity contribution in [1.82, 2.24) is 25.0 Å². The Bertz CT molecular complexity index is 1550. The number of benzene rings is 1. The van der Waals surface area contributed by atoms with E-state index < -0.39 is 29.6 Å². The molecule has 45 heavy (non-hydrogen) atoms. The lowest BCUT2D eigenvalue weighted by atomic mass is 10.1. The SMILES string of the molecule is C=CCCCCN(C)C(=O)O[C@@H](CCOc1cc(-n2ccc(C)n2)nc2cc(OC)ccc12)C(=O)N[C@]1(C(=O)OC)C[C@H]1C=C. The number of carbonyl (C=O) groups excluding carboxylic acids is 3. The summed E-state index contributed by atoms with van der Waals surface area (Å²) in [6.07, 6.45) is 6.13. The minimum absolute atomic E-state index is 0.00719. The Morgan fingerprint density at radius 2 is 2.00 bits per heavy atom. The number of fused-ring (bicyclic) bond motifs is 1. The van der Waals surface area contributed by atoms with Crippen molar-refractivity contribution >= 4 is 28.9 Å². The quantitative estimate of drug-likeness (QED) is 0.139. The number of esters is 1. The molecule has 2 amide bonds. The van der Waals surface area contributed by atoms with E-state index in [1.807, 2.05) is 25.1 Å². The maximum absolute atomic E-state index is 13.6. The number of carbonyl (C=O) groups is 3. The first-order valence-electron chi connectivity index (χ1n) is 14.9. The first-order chi connectivity index (χ1) is 21.6. The Kier molecular flexibility index (Phi) is 10.8. The largest absolute Gasteiger partial charge is 0.497 e. The molecule has 1 aliphatic rings. The van der Waals surface area contributed by atoms with Crippen LogP contribution in [0.25, 0.3) is 16.7 Å². The van der Waals surface area contributed by atoms with Crippen LogP contribution >= 0.6 is 0 Å². The van der Waals surface area contributed by atoms with Crippen LogP contribution in [-0.4, -0.2) is 83.7 Å². The lowest BCUT2D eigenvalue weighted by Gasteiger charge is -2.24. The molecule has 0 unspecified atom stereocenters. The van der Waals surface area contributed by atoms with E-state index in [-0.39, 0.29) is 18.9 Å². The highest BCUT2D eigenvalue weighted by Crippen LogP contribution is 2.45. The molecule has 3 aromatic rings. The molecule has 1 aromatic carbocycles. The van der Waals surface area contributed by atoms with Gasteiger partial charge in [-0.2, -0.15) is 5.10 Å². The molecule has 0 radical (unpaired) electrons. The van der Waals surface area contributed by atoms with E-state index in [0.717, 1.165) is 30.3 Å². The van der Waals surface area contributed by atoms with Crippen molar-refractivity contribution in [1.29, 1.82) is 0 Å². The van der Waals surface area contributed by atoms with Crippen LogP contribution in [0.5, 0.6) is 11.5 Å². The van der Waals surface area contributed by atoms with Gasteiger partial charge in [0.1, 0.15) is 17.0 Å². The second kappa shape index (κ2) is 14.7. The predicted octanol–water partition coefficient (Wildman–Crippen LogP) is 4.53. The third kappa shape index (κ3) is 7.81. The third-order valence-corrected chi connectivity index (χ3v) is 7.75. The fourth-order valence-electron chi connectivity index (χ4n) is 5.01. The van der Waals surface area contributed by atoms with Crippen LogP contribution in [0.4, 0.5) is 4.79 Å². The number of pyridine rings is 1. The van der Waals surface area contributed by atoms with Crippen LogP contribution in [-0.2, 0) is 19.1 Å². The maximum Gasteiger partial charge on any atom is 0.410 e. The normalized spacial score (nSPS) is 17.6. The summed E-state index contributed by atoms with van der Waals surface area (Å²) >= 11 is 0. The average molecular weight is 620 g/mol. The number of nitrogens with zero attached hydrogens (tertiary/aromatic N) is 4. The van der Waals surface area contributed by atoms with Crippen LogP contribution in [0.15, 0.2) is 61.8 Å². The molecule has 3 atom stereocenters. The summed E-state index contributed by atoms with van der Waals surface area (Å²) in [5, 5.41) is 7.94. The molecule has 0 saturated heterocycles. The van der Waals surface area contributed by atoms with Gasteiger partial charge in [0.15, 0.2) is 11.9 Å². The summed E-state index contributed by atoms with van der Waals surface area (Å²) in [4.78, 5) is 45.3. The van der Waals surface area contributed by atoms with Crippen molar-refractivity contribution in [3.05, 3.63) is 67.5 Å². The number of aryl methyl sites for hydroxylation is 1. The summed E-state index contributed by atoms with van der Waals surface area (Å²) in [6, 6.07) is 9.05. The number of allylic oxidation sites excluding steroid dienone is 1. The van der Waals surface area contributed by atoms with Crippen molar-refractivity contribution in [2.24, 2.45) is 5.92 Å². The number of nitrogens with one attached hydrogen (secondary N) is 1. The highest BCUT2D eigenvalue weighted by Gasteiger charge is 2.61. The van der Waals surface area contributed by atoms with Crippen molar-refractivity contribution in [3.63, 3.8) is 0 Å². The lowest BCUT2D eigenvalue weighted by Crippen LogP contribution is -2.51. The van der Waals surface area contributed by atoms with E-state index in [2.05, 4.69) is 23.6 Å². The Hall–Kier alpha value is -4.87. The smallest absolute Gasteiger partial charge is 0.410 e. The van der Waals surface area contributed by atoms with E-state index in [4.69, 9.17) is 23.9 Å². The predicted molar refractivity (Wildman–Crippen MR) is 168 cm³/mol. The molecular weight excluding hydrogens is 578 g/mol. The van der Waals surface area contributed by atoms with Crippen LogP contribution in [0.1, 0.15) is 37.8 Å². The molecule has 12 nitrogen and oxygen atoms in total. The highest BCUT2D eigenvalue weighted by molar-refractivity contribution is 5.94. The monoisotopic (exact) mass is 619 g/mol. The number of aromatic nitrogens is 3. The summed E-state index contributed by atoms with van der Waals surface area (Å²) in [6.45, 7) is 9.81. The third-order valence-electron chi connectivity index (χ3n) is 7.75. The van der Waals surface area contributed by atoms with Gasteiger partial charge in [-0.25, -0.2) is 19.3 Å². The minimum atomic E-state index is -1.25. The van der Waals surface area contributed by atoms with E-state index in [0.29, 0.717) is 35.8 Å². The lowest BCUT2D eigenvalue weighted by molar-refractivity contribution is -0.148. The molecule has 12 heteroatoms. The first-order valence-corrected chi connectivity index (χ1v) is 14.9. The van der Waals surface area contributed by atoms with Gasteiger partial charge >= 0.3 is 12.1 Å². The number of methoxy groups -OCH3 is 2. The van der Waals surface area contributed by atoms with E-state index in [1.54, 1.807) is 49.3 Å². The van der Waals surface area contributed by atoms with Crippen LogP contribution in [0.3, 0.4) is 0 Å². The summed E-state index contributed by atoms with van der Waals surface area (Å²) < 4.78 is 23.9. The number of hydrogen-bond acceptors (Lipinski definition) is 9. The van der Waals surface area contributed by atoms with Crippen molar-refractivity contribution < 1.29 is 33.3 Å². The summed E-state index contributed by atoms with van der Waals surface area (Å²) in [5.74, 6) is 0.153. The van der Waals surface area contributed by atoms with Gasteiger partial charge in [0.05, 0.1) is 32.0 Å². The summed E-state index contributed by atoms with van der Waals surface area (Å²) in [5.41, 5.74) is 0.204. The van der Waals surface area contributed by atoms with Gasteiger partial charge < -0.3 is 29.2 Å². The second-order valence-electron chi connectivity index (χ2n) is 11.0. The molecule has 1 saturated carbocycles. The van der Waals surface area contributed by atoms with Gasteiger partial charge in [-0.05, 0) is 50.8 Å². The highest BCUT2D eigenvalue weighted by atomic mass is 16.6. The fourth-order valence-corrected chi connectivity index (χ4v) is 5.01. The van der Waals surface area contributed by atoms with Crippen LogP contribution in [0.2, 0.25) is 0 Å². The maximum atomic E-state index is 13.6.